The van der Waals surface area contributed by atoms with Crippen LogP contribution in [-0.2, 0) is 6.54 Å². The molecule has 0 atom stereocenters. The van der Waals surface area contributed by atoms with Gasteiger partial charge in [-0.15, -0.1) is 11.3 Å². The average Bonchev–Trinajstić information content (AvgIpc) is 2.89. The van der Waals surface area contributed by atoms with E-state index >= 15 is 0 Å². The van der Waals surface area contributed by atoms with Crippen molar-refractivity contribution < 1.29 is 0 Å². The van der Waals surface area contributed by atoms with Crippen LogP contribution in [0.15, 0.2) is 27.3 Å². The van der Waals surface area contributed by atoms with Gasteiger partial charge in [-0.25, -0.2) is 0 Å². The molecule has 0 bridgehead atoms. The Morgan fingerprint density at radius 3 is 3.20 bits per heavy atom. The molecule has 3 heterocycles. The highest BCUT2D eigenvalue weighted by Gasteiger charge is 2.09. The van der Waals surface area contributed by atoms with Gasteiger partial charge in [0.1, 0.15) is 0 Å². The van der Waals surface area contributed by atoms with Crippen molar-refractivity contribution in [2.24, 2.45) is 4.99 Å². The summed E-state index contributed by atoms with van der Waals surface area (Å²) in [5.41, 5.74) is 0.102. The quantitative estimate of drug-likeness (QED) is 0.707. The zero-order valence-electron chi connectivity index (χ0n) is 7.84. The monoisotopic (exact) mass is 236 g/mol. The molecule has 3 nitrogen and oxygen atoms in total. The van der Waals surface area contributed by atoms with Crippen molar-refractivity contribution in [1.29, 1.82) is 0 Å². The van der Waals surface area contributed by atoms with Crippen molar-refractivity contribution in [1.82, 2.24) is 4.57 Å². The largest absolute Gasteiger partial charge is 0.282 e. The van der Waals surface area contributed by atoms with Gasteiger partial charge in [0.25, 0.3) is 5.56 Å². The highest BCUT2D eigenvalue weighted by molar-refractivity contribution is 7.11. The van der Waals surface area contributed by atoms with E-state index < -0.39 is 0 Å². The van der Waals surface area contributed by atoms with Crippen LogP contribution in [0.4, 0.5) is 0 Å². The number of hydrogen-bond acceptors (Lipinski definition) is 4. The normalized spacial score (nSPS) is 15.3. The van der Waals surface area contributed by atoms with Crippen molar-refractivity contribution in [3.8, 4) is 0 Å². The Labute approximate surface area is 93.7 Å². The lowest BCUT2D eigenvalue weighted by Gasteiger charge is -1.85. The first-order valence-electron chi connectivity index (χ1n) is 4.64. The molecule has 0 fully saturated rings. The predicted octanol–water partition coefficient (Wildman–Crippen LogP) is 0.433. The number of rotatable bonds is 1. The topological polar surface area (TPSA) is 34.4 Å². The molecule has 0 spiro atoms. The Morgan fingerprint density at radius 1 is 1.53 bits per heavy atom. The maximum Gasteiger partial charge on any atom is 0.270 e. The van der Waals surface area contributed by atoms with Crippen molar-refractivity contribution >= 4 is 28.7 Å². The highest BCUT2D eigenvalue weighted by atomic mass is 32.1. The van der Waals surface area contributed by atoms with E-state index in [1.54, 1.807) is 15.9 Å². The summed E-state index contributed by atoms with van der Waals surface area (Å²) >= 11 is 3.12. The highest BCUT2D eigenvalue weighted by Crippen LogP contribution is 2.08. The van der Waals surface area contributed by atoms with Gasteiger partial charge in [0.15, 0.2) is 4.80 Å². The van der Waals surface area contributed by atoms with E-state index in [4.69, 9.17) is 0 Å². The summed E-state index contributed by atoms with van der Waals surface area (Å²) in [5, 5.41) is 2.01. The van der Waals surface area contributed by atoms with E-state index in [1.807, 2.05) is 23.6 Å². The second-order valence-electron chi connectivity index (χ2n) is 3.25. The molecule has 0 saturated heterocycles. The lowest BCUT2D eigenvalue weighted by Crippen LogP contribution is -2.29. The molecule has 0 aliphatic carbocycles. The van der Waals surface area contributed by atoms with Crippen LogP contribution in [0.2, 0.25) is 0 Å². The van der Waals surface area contributed by atoms with Crippen LogP contribution in [0, 0.1) is 0 Å². The number of aromatic nitrogens is 1. The van der Waals surface area contributed by atoms with Crippen LogP contribution in [0.3, 0.4) is 0 Å². The Balaban J connectivity index is 2.26. The first-order valence-corrected chi connectivity index (χ1v) is 6.33. The number of thiazole rings is 1. The first kappa shape index (κ1) is 9.06. The summed E-state index contributed by atoms with van der Waals surface area (Å²) in [5.74, 6) is 0. The third-order valence-corrected chi connectivity index (χ3v) is 4.14. The summed E-state index contributed by atoms with van der Waals surface area (Å²) in [6.45, 7) is 1.49. The Hall–Kier alpha value is -1.20. The third-order valence-electron chi connectivity index (χ3n) is 2.28. The molecule has 0 radical (unpaired) electrons. The molecule has 0 N–H and O–H groups in total. The van der Waals surface area contributed by atoms with Gasteiger partial charge in [0, 0.05) is 11.4 Å². The molecule has 15 heavy (non-hydrogen) atoms. The molecule has 0 aromatic carbocycles. The summed E-state index contributed by atoms with van der Waals surface area (Å²) in [4.78, 5) is 18.1. The summed E-state index contributed by atoms with van der Waals surface area (Å²) in [7, 11) is 0. The van der Waals surface area contributed by atoms with Gasteiger partial charge in [-0.1, -0.05) is 17.4 Å². The minimum absolute atomic E-state index is 0.102. The molecule has 0 amide bonds. The van der Waals surface area contributed by atoms with E-state index in [2.05, 4.69) is 4.99 Å². The van der Waals surface area contributed by atoms with Crippen LogP contribution < -0.4 is 14.9 Å². The molecule has 1 aliphatic rings. The van der Waals surface area contributed by atoms with E-state index in [9.17, 15) is 4.79 Å². The molecule has 0 unspecified atom stereocenters. The van der Waals surface area contributed by atoms with Crippen molar-refractivity contribution in [2.75, 3.05) is 6.54 Å². The Kier molecular flexibility index (Phi) is 2.07. The number of thiophene rings is 1. The minimum atomic E-state index is 0.102. The molecule has 2 aromatic heterocycles. The smallest absolute Gasteiger partial charge is 0.270 e. The molecular formula is C10H8N2OS2. The van der Waals surface area contributed by atoms with Gasteiger partial charge in [0.05, 0.1) is 11.1 Å². The molecule has 5 heteroatoms. The van der Waals surface area contributed by atoms with E-state index in [0.717, 1.165) is 27.3 Å². The Bertz CT molecular complexity index is 649. The van der Waals surface area contributed by atoms with Gasteiger partial charge >= 0.3 is 0 Å². The van der Waals surface area contributed by atoms with Crippen molar-refractivity contribution in [3.05, 3.63) is 42.1 Å². The number of hydrogen-bond donors (Lipinski definition) is 0. The molecule has 3 rings (SSSR count). The lowest BCUT2D eigenvalue weighted by molar-refractivity contribution is 0.740. The standard InChI is InChI=1S/C10H8N2OS2/c13-9-8(6-7-2-1-5-14-7)15-10-11-3-4-12(9)10/h1-2,5-6H,3-4H2. The SMILES string of the molecule is O=c1c(=Cc2cccs2)sc2n1CCN=2. The Morgan fingerprint density at radius 2 is 2.47 bits per heavy atom. The van der Waals surface area contributed by atoms with Gasteiger partial charge in [0.2, 0.25) is 0 Å². The average molecular weight is 236 g/mol. The maximum absolute atomic E-state index is 11.9. The second-order valence-corrected chi connectivity index (χ2v) is 5.24. The maximum atomic E-state index is 11.9. The number of nitrogens with zero attached hydrogens (tertiary/aromatic N) is 2. The fraction of sp³-hybridized carbons (Fsp3) is 0.200. The van der Waals surface area contributed by atoms with Gasteiger partial charge < -0.3 is 0 Å². The molecular weight excluding hydrogens is 228 g/mol. The van der Waals surface area contributed by atoms with E-state index in [-0.39, 0.29) is 5.56 Å². The summed E-state index contributed by atoms with van der Waals surface area (Å²) < 4.78 is 2.54. The first-order chi connectivity index (χ1) is 7.34. The van der Waals surface area contributed by atoms with Crippen LogP contribution >= 0.6 is 22.7 Å². The van der Waals surface area contributed by atoms with Crippen LogP contribution in [-0.4, -0.2) is 11.1 Å². The van der Waals surface area contributed by atoms with Crippen LogP contribution in [0.5, 0.6) is 0 Å². The predicted molar refractivity (Wildman–Crippen MR) is 62.1 cm³/mol. The van der Waals surface area contributed by atoms with Crippen LogP contribution in [0.25, 0.3) is 6.08 Å². The van der Waals surface area contributed by atoms with E-state index in [1.165, 1.54) is 11.3 Å². The fourth-order valence-electron chi connectivity index (χ4n) is 1.57. The second kappa shape index (κ2) is 3.43. The summed E-state index contributed by atoms with van der Waals surface area (Å²) in [6.07, 6.45) is 1.94. The number of fused-ring (bicyclic) bond motifs is 1. The zero-order chi connectivity index (χ0) is 10.3. The lowest BCUT2D eigenvalue weighted by atomic mass is 10.4. The zero-order valence-corrected chi connectivity index (χ0v) is 9.48. The van der Waals surface area contributed by atoms with Gasteiger partial charge in [-0.3, -0.25) is 14.4 Å². The molecule has 0 saturated carbocycles. The molecule has 2 aromatic rings. The molecule has 76 valence electrons. The van der Waals surface area contributed by atoms with Gasteiger partial charge in [-0.05, 0) is 17.5 Å². The van der Waals surface area contributed by atoms with Crippen LogP contribution in [0.1, 0.15) is 4.88 Å². The molecule has 1 aliphatic heterocycles. The fourth-order valence-corrected chi connectivity index (χ4v) is 3.32. The van der Waals surface area contributed by atoms with Crippen molar-refractivity contribution in [2.45, 2.75) is 6.54 Å². The van der Waals surface area contributed by atoms with Crippen molar-refractivity contribution in [3.63, 3.8) is 0 Å². The van der Waals surface area contributed by atoms with E-state index in [0.29, 0.717) is 0 Å². The summed E-state index contributed by atoms with van der Waals surface area (Å²) in [6, 6.07) is 4.00. The minimum Gasteiger partial charge on any atom is -0.282 e. The third kappa shape index (κ3) is 1.48. The van der Waals surface area contributed by atoms with Gasteiger partial charge in [-0.2, -0.15) is 0 Å².